The molecule has 1 saturated heterocycles. The molecule has 0 bridgehead atoms. The van der Waals surface area contributed by atoms with E-state index in [9.17, 15) is 0 Å². The van der Waals surface area contributed by atoms with E-state index in [1.54, 1.807) is 6.20 Å². The van der Waals surface area contributed by atoms with Gasteiger partial charge in [-0.25, -0.2) is 0 Å². The van der Waals surface area contributed by atoms with Gasteiger partial charge in [0.2, 0.25) is 0 Å². The van der Waals surface area contributed by atoms with Crippen molar-refractivity contribution in [2.24, 2.45) is 0 Å². The highest BCUT2D eigenvalue weighted by Gasteiger charge is 2.19. The third kappa shape index (κ3) is 1.71. The van der Waals surface area contributed by atoms with E-state index < -0.39 is 0 Å². The number of hydrogen-bond acceptors (Lipinski definition) is 4. The van der Waals surface area contributed by atoms with Crippen molar-refractivity contribution in [3.63, 3.8) is 0 Å². The summed E-state index contributed by atoms with van der Waals surface area (Å²) in [7, 11) is 0. The van der Waals surface area contributed by atoms with Gasteiger partial charge >= 0.3 is 0 Å². The third-order valence-electron chi connectivity index (χ3n) is 3.03. The zero-order valence-electron chi connectivity index (χ0n) is 9.27. The average Bonchev–Trinajstić information content (AvgIpc) is 2.33. The van der Waals surface area contributed by atoms with Crippen LogP contribution >= 0.6 is 0 Å². The van der Waals surface area contributed by atoms with Crippen molar-refractivity contribution in [2.75, 3.05) is 18.4 Å². The van der Waals surface area contributed by atoms with Crippen LogP contribution in [-0.4, -0.2) is 24.1 Å². The SMILES string of the molecule is N#Cc1cnc2ccccc2c1NC1CNC1. The first-order valence-corrected chi connectivity index (χ1v) is 5.63. The molecule has 17 heavy (non-hydrogen) atoms. The lowest BCUT2D eigenvalue weighted by molar-refractivity contribution is 0.472. The second-order valence-corrected chi connectivity index (χ2v) is 4.18. The summed E-state index contributed by atoms with van der Waals surface area (Å²) >= 11 is 0. The van der Waals surface area contributed by atoms with Gasteiger partial charge in [0.05, 0.1) is 22.8 Å². The van der Waals surface area contributed by atoms with Crippen LogP contribution in [0.15, 0.2) is 30.5 Å². The Kier molecular flexibility index (Phi) is 2.39. The normalized spacial score (nSPS) is 15.2. The molecule has 1 fully saturated rings. The number of hydrogen-bond donors (Lipinski definition) is 2. The molecule has 1 aromatic heterocycles. The van der Waals surface area contributed by atoms with Crippen molar-refractivity contribution < 1.29 is 0 Å². The van der Waals surface area contributed by atoms with E-state index in [-0.39, 0.29) is 0 Å². The first-order valence-electron chi connectivity index (χ1n) is 5.63. The maximum Gasteiger partial charge on any atom is 0.103 e. The third-order valence-corrected chi connectivity index (χ3v) is 3.03. The van der Waals surface area contributed by atoms with Crippen LogP contribution in [0.2, 0.25) is 0 Å². The fourth-order valence-corrected chi connectivity index (χ4v) is 1.98. The molecule has 4 heteroatoms. The maximum absolute atomic E-state index is 9.14. The molecule has 0 spiro atoms. The van der Waals surface area contributed by atoms with Crippen molar-refractivity contribution >= 4 is 16.6 Å². The molecule has 3 rings (SSSR count). The molecule has 0 atom stereocenters. The second-order valence-electron chi connectivity index (χ2n) is 4.18. The van der Waals surface area contributed by atoms with Gasteiger partial charge in [0.1, 0.15) is 6.07 Å². The van der Waals surface area contributed by atoms with Crippen LogP contribution in [0.4, 0.5) is 5.69 Å². The van der Waals surface area contributed by atoms with E-state index in [1.165, 1.54) is 0 Å². The van der Waals surface area contributed by atoms with Crippen molar-refractivity contribution in [1.82, 2.24) is 10.3 Å². The molecule has 2 N–H and O–H groups in total. The Morgan fingerprint density at radius 2 is 2.18 bits per heavy atom. The molecule has 0 aliphatic carbocycles. The Balaban J connectivity index is 2.13. The van der Waals surface area contributed by atoms with E-state index in [4.69, 9.17) is 5.26 Å². The molecule has 2 aromatic rings. The minimum absolute atomic E-state index is 0.410. The molecule has 1 aliphatic heterocycles. The van der Waals surface area contributed by atoms with E-state index in [0.717, 1.165) is 29.7 Å². The zero-order valence-corrected chi connectivity index (χ0v) is 9.27. The monoisotopic (exact) mass is 224 g/mol. The fourth-order valence-electron chi connectivity index (χ4n) is 1.98. The molecular formula is C13H12N4. The Hall–Kier alpha value is -2.12. The molecule has 4 nitrogen and oxygen atoms in total. The van der Waals surface area contributed by atoms with Crippen molar-refractivity contribution in [3.8, 4) is 6.07 Å². The Labute approximate surface area is 99.3 Å². The van der Waals surface area contributed by atoms with Gasteiger partial charge in [-0.05, 0) is 6.07 Å². The Morgan fingerprint density at radius 3 is 2.88 bits per heavy atom. The number of benzene rings is 1. The number of nitriles is 1. The predicted octanol–water partition coefficient (Wildman–Crippen LogP) is 1.49. The number of pyridine rings is 1. The van der Waals surface area contributed by atoms with Gasteiger partial charge in [0.15, 0.2) is 0 Å². The average molecular weight is 224 g/mol. The van der Waals surface area contributed by atoms with Gasteiger partial charge in [-0.1, -0.05) is 18.2 Å². The number of aromatic nitrogens is 1. The van der Waals surface area contributed by atoms with Crippen LogP contribution in [0.25, 0.3) is 10.9 Å². The maximum atomic E-state index is 9.14. The lowest BCUT2D eigenvalue weighted by atomic mass is 10.1. The Bertz CT molecular complexity index is 596. The van der Waals surface area contributed by atoms with Gasteiger partial charge < -0.3 is 10.6 Å². The van der Waals surface area contributed by atoms with Crippen molar-refractivity contribution in [3.05, 3.63) is 36.0 Å². The van der Waals surface area contributed by atoms with Gasteiger partial charge in [-0.15, -0.1) is 0 Å². The molecule has 0 amide bonds. The van der Waals surface area contributed by atoms with Crippen molar-refractivity contribution in [2.45, 2.75) is 6.04 Å². The van der Waals surface area contributed by atoms with Crippen LogP contribution < -0.4 is 10.6 Å². The number of para-hydroxylation sites is 1. The van der Waals surface area contributed by atoms with Crippen LogP contribution in [-0.2, 0) is 0 Å². The lowest BCUT2D eigenvalue weighted by Gasteiger charge is -2.29. The zero-order chi connectivity index (χ0) is 11.7. The summed E-state index contributed by atoms with van der Waals surface area (Å²) in [5, 5.41) is 16.8. The van der Waals surface area contributed by atoms with Crippen LogP contribution in [0.3, 0.4) is 0 Å². The lowest BCUT2D eigenvalue weighted by Crippen LogP contribution is -2.51. The van der Waals surface area contributed by atoms with E-state index in [1.807, 2.05) is 24.3 Å². The second kappa shape index (κ2) is 4.04. The number of nitrogens with zero attached hydrogens (tertiary/aromatic N) is 2. The highest BCUT2D eigenvalue weighted by Crippen LogP contribution is 2.26. The summed E-state index contributed by atoms with van der Waals surface area (Å²) in [4.78, 5) is 4.29. The molecule has 1 aliphatic rings. The molecule has 0 saturated carbocycles. The summed E-state index contributed by atoms with van der Waals surface area (Å²) < 4.78 is 0. The van der Waals surface area contributed by atoms with Crippen LogP contribution in [0.5, 0.6) is 0 Å². The van der Waals surface area contributed by atoms with E-state index in [2.05, 4.69) is 21.7 Å². The van der Waals surface area contributed by atoms with Gasteiger partial charge in [-0.2, -0.15) is 5.26 Å². The first-order chi connectivity index (χ1) is 8.38. The number of fused-ring (bicyclic) bond motifs is 1. The number of nitrogens with one attached hydrogen (secondary N) is 2. The highest BCUT2D eigenvalue weighted by atomic mass is 15.1. The molecule has 1 aromatic carbocycles. The summed E-state index contributed by atoms with van der Waals surface area (Å²) in [5.74, 6) is 0. The number of anilines is 1. The summed E-state index contributed by atoms with van der Waals surface area (Å²) in [5.41, 5.74) is 2.43. The molecule has 0 radical (unpaired) electrons. The van der Waals surface area contributed by atoms with Crippen LogP contribution in [0, 0.1) is 11.3 Å². The summed E-state index contributed by atoms with van der Waals surface area (Å²) in [6.45, 7) is 1.89. The molecule has 0 unspecified atom stereocenters. The molecular weight excluding hydrogens is 212 g/mol. The first kappa shape index (κ1) is 10.1. The molecule has 2 heterocycles. The summed E-state index contributed by atoms with van der Waals surface area (Å²) in [6.07, 6.45) is 1.64. The highest BCUT2D eigenvalue weighted by molar-refractivity contribution is 5.94. The standard InChI is InChI=1S/C13H12N4/c14-5-9-6-16-12-4-2-1-3-11(12)13(9)17-10-7-15-8-10/h1-4,6,10,15H,7-8H2,(H,16,17). The van der Waals surface area contributed by atoms with Crippen LogP contribution in [0.1, 0.15) is 5.56 Å². The van der Waals surface area contributed by atoms with E-state index in [0.29, 0.717) is 11.6 Å². The predicted molar refractivity (Wildman–Crippen MR) is 66.7 cm³/mol. The topological polar surface area (TPSA) is 60.7 Å². The largest absolute Gasteiger partial charge is 0.378 e. The smallest absolute Gasteiger partial charge is 0.103 e. The quantitative estimate of drug-likeness (QED) is 0.811. The van der Waals surface area contributed by atoms with Gasteiger partial charge in [-0.3, -0.25) is 4.98 Å². The van der Waals surface area contributed by atoms with Crippen molar-refractivity contribution in [1.29, 1.82) is 5.26 Å². The van der Waals surface area contributed by atoms with Gasteiger partial charge in [0.25, 0.3) is 0 Å². The molecule has 84 valence electrons. The van der Waals surface area contributed by atoms with E-state index >= 15 is 0 Å². The minimum atomic E-state index is 0.410. The fraction of sp³-hybridized carbons (Fsp3) is 0.231. The minimum Gasteiger partial charge on any atom is -0.378 e. The summed E-state index contributed by atoms with van der Waals surface area (Å²) in [6, 6.07) is 10.5. The Morgan fingerprint density at radius 1 is 1.35 bits per heavy atom. The number of rotatable bonds is 2. The van der Waals surface area contributed by atoms with Gasteiger partial charge in [0, 0.05) is 24.7 Å².